The van der Waals surface area contributed by atoms with Crippen molar-refractivity contribution in [2.45, 2.75) is 38.3 Å². The molecule has 1 aliphatic heterocycles. The van der Waals surface area contributed by atoms with E-state index in [4.69, 9.17) is 14.6 Å². The van der Waals surface area contributed by atoms with Crippen molar-refractivity contribution < 1.29 is 24.2 Å². The van der Waals surface area contributed by atoms with E-state index in [1.54, 1.807) is 20.8 Å². The lowest BCUT2D eigenvalue weighted by Crippen LogP contribution is -2.71. The maximum Gasteiger partial charge on any atom is 0.410 e. The van der Waals surface area contributed by atoms with Crippen LogP contribution in [0.15, 0.2) is 12.7 Å². The lowest BCUT2D eigenvalue weighted by Gasteiger charge is -2.49. The lowest BCUT2D eigenvalue weighted by molar-refractivity contribution is -0.0219. The molecule has 21 heavy (non-hydrogen) atoms. The fourth-order valence-electron chi connectivity index (χ4n) is 2.04. The van der Waals surface area contributed by atoms with Gasteiger partial charge in [-0.25, -0.2) is 9.59 Å². The summed E-state index contributed by atoms with van der Waals surface area (Å²) in [5.74, 6) is 0. The van der Waals surface area contributed by atoms with Crippen LogP contribution >= 0.6 is 0 Å². The van der Waals surface area contributed by atoms with Crippen LogP contribution in [0.5, 0.6) is 0 Å². The number of rotatable bonds is 5. The molecule has 0 bridgehead atoms. The minimum atomic E-state index is -0.663. The highest BCUT2D eigenvalue weighted by molar-refractivity contribution is 5.72. The predicted molar refractivity (Wildman–Crippen MR) is 76.9 cm³/mol. The molecule has 0 saturated carbocycles. The fraction of sp³-hybridized carbons (Fsp3) is 0.714. The van der Waals surface area contributed by atoms with E-state index < -0.39 is 23.3 Å². The molecule has 120 valence electrons. The van der Waals surface area contributed by atoms with Crippen LogP contribution in [-0.2, 0) is 9.47 Å². The number of alkyl carbamates (subject to hydrolysis) is 1. The Morgan fingerprint density at radius 1 is 1.43 bits per heavy atom. The molecule has 0 aromatic carbocycles. The maximum atomic E-state index is 11.9. The standard InChI is InChI=1S/C14H24N2O5/c1-5-8-20-11(18)15-14(6-7-17)9-16(10-14)12(19)21-13(2,3)4/h5,17H,1,6-10H2,2-4H3,(H,15,18). The van der Waals surface area contributed by atoms with Gasteiger partial charge in [-0.1, -0.05) is 12.7 Å². The first-order valence-corrected chi connectivity index (χ1v) is 6.86. The molecule has 1 heterocycles. The van der Waals surface area contributed by atoms with Gasteiger partial charge in [-0.2, -0.15) is 0 Å². The molecule has 0 atom stereocenters. The summed E-state index contributed by atoms with van der Waals surface area (Å²) in [5, 5.41) is 11.8. The number of carbonyl (C=O) groups excluding carboxylic acids is 2. The average molecular weight is 300 g/mol. The van der Waals surface area contributed by atoms with E-state index in [0.29, 0.717) is 6.42 Å². The van der Waals surface area contributed by atoms with Crippen LogP contribution in [0.3, 0.4) is 0 Å². The molecule has 7 nitrogen and oxygen atoms in total. The summed E-state index contributed by atoms with van der Waals surface area (Å²) in [5.41, 5.74) is -1.23. The summed E-state index contributed by atoms with van der Waals surface area (Å²) in [4.78, 5) is 24.9. The fourth-order valence-corrected chi connectivity index (χ4v) is 2.04. The highest BCUT2D eigenvalue weighted by Crippen LogP contribution is 2.26. The molecule has 7 heteroatoms. The number of aliphatic hydroxyl groups excluding tert-OH is 1. The van der Waals surface area contributed by atoms with Crippen molar-refractivity contribution in [1.29, 1.82) is 0 Å². The minimum absolute atomic E-state index is 0.0934. The van der Waals surface area contributed by atoms with Gasteiger partial charge in [0, 0.05) is 19.7 Å². The lowest BCUT2D eigenvalue weighted by atomic mass is 9.87. The third kappa shape index (κ3) is 5.26. The molecule has 0 radical (unpaired) electrons. The number of hydrogen-bond acceptors (Lipinski definition) is 5. The van der Waals surface area contributed by atoms with Gasteiger partial charge in [0.2, 0.25) is 0 Å². The summed E-state index contributed by atoms with van der Waals surface area (Å²) < 4.78 is 10.1. The third-order valence-electron chi connectivity index (χ3n) is 2.93. The zero-order valence-electron chi connectivity index (χ0n) is 12.8. The molecule has 1 rings (SSSR count). The van der Waals surface area contributed by atoms with E-state index in [0.717, 1.165) is 0 Å². The number of likely N-dealkylation sites (tertiary alicyclic amines) is 1. The summed E-state index contributed by atoms with van der Waals surface area (Å²) in [6, 6.07) is 0. The van der Waals surface area contributed by atoms with E-state index in [-0.39, 0.29) is 26.3 Å². The monoisotopic (exact) mass is 300 g/mol. The summed E-state index contributed by atoms with van der Waals surface area (Å²) in [6.07, 6.45) is 0.784. The van der Waals surface area contributed by atoms with Gasteiger partial charge in [-0.15, -0.1) is 0 Å². The Hall–Kier alpha value is -1.76. The van der Waals surface area contributed by atoms with Crippen LogP contribution in [0, 0.1) is 0 Å². The van der Waals surface area contributed by atoms with Gasteiger partial charge < -0.3 is 24.8 Å². The molecule has 0 aromatic rings. The number of nitrogens with one attached hydrogen (secondary N) is 1. The third-order valence-corrected chi connectivity index (χ3v) is 2.93. The molecule has 0 aliphatic carbocycles. The van der Waals surface area contributed by atoms with Crippen molar-refractivity contribution in [3.8, 4) is 0 Å². The predicted octanol–water partition coefficient (Wildman–Crippen LogP) is 1.27. The van der Waals surface area contributed by atoms with Gasteiger partial charge in [0.25, 0.3) is 0 Å². The number of nitrogens with zero attached hydrogens (tertiary/aromatic N) is 1. The van der Waals surface area contributed by atoms with Crippen LogP contribution in [0.2, 0.25) is 0 Å². The number of amides is 2. The Kier molecular flexibility index (Phi) is 5.60. The summed E-state index contributed by atoms with van der Waals surface area (Å²) >= 11 is 0. The SMILES string of the molecule is C=CCOC(=O)NC1(CCO)CN(C(=O)OC(C)(C)C)C1. The van der Waals surface area contributed by atoms with E-state index in [1.807, 2.05) is 0 Å². The van der Waals surface area contributed by atoms with E-state index in [1.165, 1.54) is 11.0 Å². The van der Waals surface area contributed by atoms with Gasteiger partial charge in [0.15, 0.2) is 0 Å². The first-order valence-electron chi connectivity index (χ1n) is 6.86. The molecule has 1 aliphatic rings. The Bertz CT molecular complexity index is 397. The van der Waals surface area contributed by atoms with E-state index in [9.17, 15) is 9.59 Å². The normalized spacial score (nSPS) is 16.7. The Morgan fingerprint density at radius 2 is 2.05 bits per heavy atom. The second-order valence-corrected chi connectivity index (χ2v) is 6.10. The smallest absolute Gasteiger partial charge is 0.410 e. The highest BCUT2D eigenvalue weighted by atomic mass is 16.6. The molecule has 0 spiro atoms. The van der Waals surface area contributed by atoms with Crippen LogP contribution in [0.4, 0.5) is 9.59 Å². The maximum absolute atomic E-state index is 11.9. The minimum Gasteiger partial charge on any atom is -0.445 e. The highest BCUT2D eigenvalue weighted by Gasteiger charge is 2.47. The van der Waals surface area contributed by atoms with Crippen molar-refractivity contribution in [2.24, 2.45) is 0 Å². The van der Waals surface area contributed by atoms with Crippen LogP contribution < -0.4 is 5.32 Å². The molecule has 1 saturated heterocycles. The van der Waals surface area contributed by atoms with Crippen molar-refractivity contribution in [3.05, 3.63) is 12.7 Å². The summed E-state index contributed by atoms with van der Waals surface area (Å²) in [7, 11) is 0. The van der Waals surface area contributed by atoms with Crippen molar-refractivity contribution in [2.75, 3.05) is 26.3 Å². The average Bonchev–Trinajstić information content (AvgIpc) is 2.30. The number of aliphatic hydroxyl groups is 1. The second kappa shape index (κ2) is 6.80. The largest absolute Gasteiger partial charge is 0.445 e. The summed E-state index contributed by atoms with van der Waals surface area (Å²) in [6.45, 7) is 9.40. The molecular weight excluding hydrogens is 276 g/mol. The van der Waals surface area contributed by atoms with Crippen molar-refractivity contribution in [1.82, 2.24) is 10.2 Å². The molecule has 2 N–H and O–H groups in total. The van der Waals surface area contributed by atoms with Crippen LogP contribution in [-0.4, -0.2) is 59.6 Å². The van der Waals surface area contributed by atoms with Gasteiger partial charge in [0.1, 0.15) is 12.2 Å². The molecular formula is C14H24N2O5. The molecule has 0 aromatic heterocycles. The Labute approximate surface area is 124 Å². The Balaban J connectivity index is 2.53. The number of ether oxygens (including phenoxy) is 2. The number of hydrogen-bond donors (Lipinski definition) is 2. The topological polar surface area (TPSA) is 88.1 Å². The number of carbonyl (C=O) groups is 2. The van der Waals surface area contributed by atoms with Crippen molar-refractivity contribution in [3.63, 3.8) is 0 Å². The second-order valence-electron chi connectivity index (χ2n) is 6.10. The zero-order chi connectivity index (χ0) is 16.1. The first-order chi connectivity index (χ1) is 9.71. The van der Waals surface area contributed by atoms with E-state index >= 15 is 0 Å². The molecule has 2 amide bonds. The quantitative estimate of drug-likeness (QED) is 0.747. The van der Waals surface area contributed by atoms with Gasteiger partial charge >= 0.3 is 12.2 Å². The molecule has 0 unspecified atom stereocenters. The first kappa shape index (κ1) is 17.3. The Morgan fingerprint density at radius 3 is 2.52 bits per heavy atom. The van der Waals surface area contributed by atoms with Crippen molar-refractivity contribution >= 4 is 12.2 Å². The van der Waals surface area contributed by atoms with E-state index in [2.05, 4.69) is 11.9 Å². The van der Waals surface area contributed by atoms with Gasteiger partial charge in [-0.3, -0.25) is 0 Å². The van der Waals surface area contributed by atoms with Gasteiger partial charge in [0.05, 0.1) is 5.54 Å². The zero-order valence-corrected chi connectivity index (χ0v) is 12.8. The molecule has 1 fully saturated rings. The van der Waals surface area contributed by atoms with Crippen LogP contribution in [0.1, 0.15) is 27.2 Å². The van der Waals surface area contributed by atoms with Gasteiger partial charge in [-0.05, 0) is 27.2 Å². The van der Waals surface area contributed by atoms with Crippen LogP contribution in [0.25, 0.3) is 0 Å².